The zero-order valence-electron chi connectivity index (χ0n) is 14.4. The minimum atomic E-state index is 0.0589. The van der Waals surface area contributed by atoms with Crippen LogP contribution in [0.2, 0.25) is 0 Å². The molecule has 0 heterocycles. The van der Waals surface area contributed by atoms with Gasteiger partial charge < -0.3 is 15.4 Å². The van der Waals surface area contributed by atoms with Crippen LogP contribution >= 0.6 is 0 Å². The highest BCUT2D eigenvalue weighted by molar-refractivity contribution is 5.90. The molecule has 23 heavy (non-hydrogen) atoms. The molecule has 1 aromatic rings. The van der Waals surface area contributed by atoms with Gasteiger partial charge >= 0.3 is 0 Å². The summed E-state index contributed by atoms with van der Waals surface area (Å²) in [6, 6.07) is 8.14. The van der Waals surface area contributed by atoms with E-state index >= 15 is 0 Å². The standard InChI is InChI=1S/C19H30N2O2/c1-15(2)23-18-11-9-17(10-12-18)21-19(22)13-14-20-16-7-5-3-4-6-8-16/h9-12,15-16,20H,3-8,13-14H2,1-2H3,(H,21,22). The number of hydrogen-bond donors (Lipinski definition) is 2. The first-order valence-electron chi connectivity index (χ1n) is 8.93. The van der Waals surface area contributed by atoms with Gasteiger partial charge in [0.25, 0.3) is 0 Å². The first kappa shape index (κ1) is 17.8. The maximum absolute atomic E-state index is 12.0. The summed E-state index contributed by atoms with van der Waals surface area (Å²) in [6.45, 7) is 4.75. The van der Waals surface area contributed by atoms with Crippen molar-refractivity contribution in [2.24, 2.45) is 0 Å². The Morgan fingerprint density at radius 2 is 1.78 bits per heavy atom. The monoisotopic (exact) mass is 318 g/mol. The lowest BCUT2D eigenvalue weighted by Crippen LogP contribution is -2.31. The van der Waals surface area contributed by atoms with Crippen LogP contribution in [0.3, 0.4) is 0 Å². The summed E-state index contributed by atoms with van der Waals surface area (Å²) < 4.78 is 5.59. The van der Waals surface area contributed by atoms with Gasteiger partial charge in [0, 0.05) is 24.7 Å². The van der Waals surface area contributed by atoms with Crippen molar-refractivity contribution in [3.63, 3.8) is 0 Å². The largest absolute Gasteiger partial charge is 0.491 e. The quantitative estimate of drug-likeness (QED) is 0.744. The molecule has 0 atom stereocenters. The average Bonchev–Trinajstić information content (AvgIpc) is 2.77. The molecule has 0 aliphatic heterocycles. The van der Waals surface area contributed by atoms with Crippen molar-refractivity contribution < 1.29 is 9.53 Å². The van der Waals surface area contributed by atoms with E-state index in [1.165, 1.54) is 38.5 Å². The number of amides is 1. The van der Waals surface area contributed by atoms with Crippen LogP contribution in [0.4, 0.5) is 5.69 Å². The molecular formula is C19H30N2O2. The van der Waals surface area contributed by atoms with Crippen LogP contribution in [0, 0.1) is 0 Å². The fraction of sp³-hybridized carbons (Fsp3) is 0.632. The van der Waals surface area contributed by atoms with E-state index in [2.05, 4.69) is 10.6 Å². The smallest absolute Gasteiger partial charge is 0.225 e. The van der Waals surface area contributed by atoms with Gasteiger partial charge in [-0.3, -0.25) is 4.79 Å². The average molecular weight is 318 g/mol. The molecule has 0 saturated heterocycles. The molecule has 2 N–H and O–H groups in total. The summed E-state index contributed by atoms with van der Waals surface area (Å²) >= 11 is 0. The van der Waals surface area contributed by atoms with E-state index in [1.807, 2.05) is 38.1 Å². The molecule has 4 heteroatoms. The van der Waals surface area contributed by atoms with Gasteiger partial charge in [-0.2, -0.15) is 0 Å². The first-order valence-corrected chi connectivity index (χ1v) is 8.93. The fourth-order valence-corrected chi connectivity index (χ4v) is 2.99. The number of nitrogens with one attached hydrogen (secondary N) is 2. The maximum Gasteiger partial charge on any atom is 0.225 e. The minimum Gasteiger partial charge on any atom is -0.491 e. The third-order valence-electron chi connectivity index (χ3n) is 4.15. The predicted molar refractivity (Wildman–Crippen MR) is 94.9 cm³/mol. The highest BCUT2D eigenvalue weighted by Crippen LogP contribution is 2.18. The normalized spacial score (nSPS) is 16.1. The van der Waals surface area contributed by atoms with Gasteiger partial charge in [0.1, 0.15) is 5.75 Å². The van der Waals surface area contributed by atoms with E-state index < -0.39 is 0 Å². The van der Waals surface area contributed by atoms with Gasteiger partial charge in [-0.05, 0) is 51.0 Å². The van der Waals surface area contributed by atoms with Gasteiger partial charge in [-0.1, -0.05) is 25.7 Å². The number of benzene rings is 1. The van der Waals surface area contributed by atoms with Crippen molar-refractivity contribution in [2.45, 2.75) is 70.9 Å². The number of carbonyl (C=O) groups excluding carboxylic acids is 1. The molecule has 0 unspecified atom stereocenters. The molecular weight excluding hydrogens is 288 g/mol. The van der Waals surface area contributed by atoms with Crippen molar-refractivity contribution in [1.82, 2.24) is 5.32 Å². The SMILES string of the molecule is CC(C)Oc1ccc(NC(=O)CCNC2CCCCCC2)cc1. The molecule has 128 valence electrons. The number of ether oxygens (including phenoxy) is 1. The number of anilines is 1. The fourth-order valence-electron chi connectivity index (χ4n) is 2.99. The van der Waals surface area contributed by atoms with Crippen LogP contribution in [0.15, 0.2) is 24.3 Å². The molecule has 0 radical (unpaired) electrons. The summed E-state index contributed by atoms with van der Waals surface area (Å²) in [5.74, 6) is 0.886. The van der Waals surface area contributed by atoms with Crippen molar-refractivity contribution >= 4 is 11.6 Å². The highest BCUT2D eigenvalue weighted by Gasteiger charge is 2.12. The second-order valence-electron chi connectivity index (χ2n) is 6.63. The Kier molecular flexibility index (Phi) is 7.40. The Bertz CT molecular complexity index is 463. The number of hydrogen-bond acceptors (Lipinski definition) is 3. The lowest BCUT2D eigenvalue weighted by atomic mass is 10.1. The van der Waals surface area contributed by atoms with Gasteiger partial charge in [0.15, 0.2) is 0 Å². The molecule has 1 aliphatic rings. The predicted octanol–water partition coefficient (Wildman–Crippen LogP) is 4.11. The molecule has 0 aromatic heterocycles. The zero-order valence-corrected chi connectivity index (χ0v) is 14.4. The van der Waals surface area contributed by atoms with E-state index in [0.29, 0.717) is 12.5 Å². The number of carbonyl (C=O) groups is 1. The van der Waals surface area contributed by atoms with Gasteiger partial charge in [0.2, 0.25) is 5.91 Å². The van der Waals surface area contributed by atoms with Gasteiger partial charge in [-0.25, -0.2) is 0 Å². The van der Waals surface area contributed by atoms with Crippen LogP contribution in [-0.2, 0) is 4.79 Å². The van der Waals surface area contributed by atoms with E-state index in [-0.39, 0.29) is 12.0 Å². The van der Waals surface area contributed by atoms with Crippen molar-refractivity contribution in [3.8, 4) is 5.75 Å². The Morgan fingerprint density at radius 1 is 1.13 bits per heavy atom. The summed E-state index contributed by atoms with van der Waals surface area (Å²) in [7, 11) is 0. The second kappa shape index (κ2) is 9.56. The van der Waals surface area contributed by atoms with Crippen LogP contribution in [0.25, 0.3) is 0 Å². The molecule has 1 amide bonds. The highest BCUT2D eigenvalue weighted by atomic mass is 16.5. The van der Waals surface area contributed by atoms with Gasteiger partial charge in [0.05, 0.1) is 6.10 Å². The van der Waals surface area contributed by atoms with E-state index in [1.54, 1.807) is 0 Å². The van der Waals surface area contributed by atoms with Gasteiger partial charge in [-0.15, -0.1) is 0 Å². The molecule has 1 aliphatic carbocycles. The Balaban J connectivity index is 1.67. The molecule has 1 saturated carbocycles. The lowest BCUT2D eigenvalue weighted by molar-refractivity contribution is -0.116. The molecule has 4 nitrogen and oxygen atoms in total. The van der Waals surface area contributed by atoms with Crippen molar-refractivity contribution in [3.05, 3.63) is 24.3 Å². The third-order valence-corrected chi connectivity index (χ3v) is 4.15. The topological polar surface area (TPSA) is 50.4 Å². The van der Waals surface area contributed by atoms with Crippen LogP contribution in [0.5, 0.6) is 5.75 Å². The Hall–Kier alpha value is -1.55. The summed E-state index contributed by atoms with van der Waals surface area (Å²) in [6.07, 6.45) is 8.51. The van der Waals surface area contributed by atoms with Crippen LogP contribution in [-0.4, -0.2) is 24.6 Å². The minimum absolute atomic E-state index is 0.0589. The zero-order chi connectivity index (χ0) is 16.5. The summed E-state index contributed by atoms with van der Waals surface area (Å²) in [4.78, 5) is 12.0. The summed E-state index contributed by atoms with van der Waals surface area (Å²) in [5, 5.41) is 6.47. The maximum atomic E-state index is 12.0. The van der Waals surface area contributed by atoms with E-state index in [9.17, 15) is 4.79 Å². The molecule has 1 aromatic carbocycles. The van der Waals surface area contributed by atoms with Crippen molar-refractivity contribution in [1.29, 1.82) is 0 Å². The summed E-state index contributed by atoms with van der Waals surface area (Å²) in [5.41, 5.74) is 0.820. The third kappa shape index (κ3) is 7.04. The molecule has 0 bridgehead atoms. The number of rotatable bonds is 7. The van der Waals surface area contributed by atoms with Crippen LogP contribution in [0.1, 0.15) is 58.8 Å². The second-order valence-corrected chi connectivity index (χ2v) is 6.63. The lowest BCUT2D eigenvalue weighted by Gasteiger charge is -2.16. The van der Waals surface area contributed by atoms with Crippen molar-refractivity contribution in [2.75, 3.05) is 11.9 Å². The van der Waals surface area contributed by atoms with Crippen LogP contribution < -0.4 is 15.4 Å². The van der Waals surface area contributed by atoms with E-state index in [4.69, 9.17) is 4.74 Å². The molecule has 1 fully saturated rings. The Labute approximate surface area is 140 Å². The first-order chi connectivity index (χ1) is 11.1. The molecule has 0 spiro atoms. The Morgan fingerprint density at radius 3 is 2.39 bits per heavy atom. The molecule has 2 rings (SSSR count). The van der Waals surface area contributed by atoms with E-state index in [0.717, 1.165) is 18.0 Å².